The molecule has 0 radical (unpaired) electrons. The predicted octanol–water partition coefficient (Wildman–Crippen LogP) is 3.19. The first-order chi connectivity index (χ1) is 11.6. The molecule has 2 aliphatic rings. The number of likely N-dealkylation sites (tertiary alicyclic amines) is 1. The molecule has 2 N–H and O–H groups in total. The van der Waals surface area contributed by atoms with Gasteiger partial charge in [0.25, 0.3) is 5.91 Å². The average molecular weight is 369 g/mol. The van der Waals surface area contributed by atoms with Gasteiger partial charge in [-0.1, -0.05) is 6.07 Å². The van der Waals surface area contributed by atoms with Crippen LogP contribution in [-0.2, 0) is 9.47 Å². The Morgan fingerprint density at radius 2 is 2.04 bits per heavy atom. The van der Waals surface area contributed by atoms with E-state index in [2.05, 4.69) is 0 Å². The third kappa shape index (κ3) is 5.33. The first-order valence-electron chi connectivity index (χ1n) is 9.02. The van der Waals surface area contributed by atoms with Crippen molar-refractivity contribution in [1.82, 2.24) is 4.90 Å². The number of nitrogens with zero attached hydrogens (tertiary/aromatic N) is 1. The van der Waals surface area contributed by atoms with E-state index in [1.54, 1.807) is 6.07 Å². The molecule has 1 aromatic rings. The molecule has 6 heteroatoms. The predicted molar refractivity (Wildman–Crippen MR) is 101 cm³/mol. The van der Waals surface area contributed by atoms with E-state index < -0.39 is 0 Å². The van der Waals surface area contributed by atoms with Gasteiger partial charge >= 0.3 is 0 Å². The number of anilines is 1. The lowest BCUT2D eigenvalue weighted by molar-refractivity contribution is -0.0733. The number of halogens is 1. The fourth-order valence-electron chi connectivity index (χ4n) is 3.45. The van der Waals surface area contributed by atoms with Crippen LogP contribution in [0.5, 0.6) is 0 Å². The van der Waals surface area contributed by atoms with Crippen LogP contribution in [0, 0.1) is 6.92 Å². The monoisotopic (exact) mass is 368 g/mol. The van der Waals surface area contributed by atoms with Crippen LogP contribution < -0.4 is 5.73 Å². The molecule has 2 saturated heterocycles. The fourth-order valence-corrected chi connectivity index (χ4v) is 3.45. The molecule has 0 bridgehead atoms. The van der Waals surface area contributed by atoms with E-state index in [0.717, 1.165) is 44.5 Å². The summed E-state index contributed by atoms with van der Waals surface area (Å²) in [4.78, 5) is 14.6. The second kappa shape index (κ2) is 9.41. The largest absolute Gasteiger partial charge is 0.399 e. The number of carbonyl (C=O) groups excluding carboxylic acids is 1. The lowest BCUT2D eigenvalue weighted by Crippen LogP contribution is -2.42. The smallest absolute Gasteiger partial charge is 0.254 e. The Morgan fingerprint density at radius 3 is 2.72 bits per heavy atom. The van der Waals surface area contributed by atoms with Crippen molar-refractivity contribution in [1.29, 1.82) is 0 Å². The summed E-state index contributed by atoms with van der Waals surface area (Å²) in [6.07, 6.45) is 5.78. The average Bonchev–Trinajstić information content (AvgIpc) is 2.63. The molecule has 140 valence electrons. The molecule has 2 fully saturated rings. The van der Waals surface area contributed by atoms with Crippen molar-refractivity contribution in [2.45, 2.75) is 51.2 Å². The number of carbonyl (C=O) groups is 1. The lowest BCUT2D eigenvalue weighted by Gasteiger charge is -2.33. The van der Waals surface area contributed by atoms with Crippen LogP contribution in [0.4, 0.5) is 5.69 Å². The Labute approximate surface area is 156 Å². The first-order valence-corrected chi connectivity index (χ1v) is 9.02. The van der Waals surface area contributed by atoms with Gasteiger partial charge in [0.1, 0.15) is 0 Å². The number of benzene rings is 1. The Bertz CT molecular complexity index is 568. The van der Waals surface area contributed by atoms with Gasteiger partial charge in [-0.2, -0.15) is 0 Å². The van der Waals surface area contributed by atoms with Gasteiger partial charge in [0.05, 0.1) is 18.8 Å². The Hall–Kier alpha value is -1.30. The summed E-state index contributed by atoms with van der Waals surface area (Å²) in [5.74, 6) is 0.0777. The number of piperidine rings is 1. The van der Waals surface area contributed by atoms with E-state index in [1.807, 2.05) is 24.0 Å². The number of amides is 1. The molecule has 25 heavy (non-hydrogen) atoms. The summed E-state index contributed by atoms with van der Waals surface area (Å²) in [6.45, 7) is 4.98. The molecule has 0 saturated carbocycles. The highest BCUT2D eigenvalue weighted by Crippen LogP contribution is 2.21. The Kier molecular flexibility index (Phi) is 7.54. The summed E-state index contributed by atoms with van der Waals surface area (Å²) in [5.41, 5.74) is 8.15. The highest BCUT2D eigenvalue weighted by atomic mass is 35.5. The van der Waals surface area contributed by atoms with Crippen molar-refractivity contribution in [3.63, 3.8) is 0 Å². The van der Waals surface area contributed by atoms with Gasteiger partial charge < -0.3 is 20.1 Å². The number of aryl methyl sites for hydroxylation is 1. The van der Waals surface area contributed by atoms with Crippen molar-refractivity contribution < 1.29 is 14.3 Å². The summed E-state index contributed by atoms with van der Waals surface area (Å²) < 4.78 is 11.7. The standard InChI is InChI=1S/C19H28N2O3.ClH/c1-14-5-6-15(20)12-18(14)19(22)21-9-7-16(8-10-21)24-13-17-4-2-3-11-23-17;/h5-6,12,16-17H,2-4,7-11,13,20H2,1H3;1H. The van der Waals surface area contributed by atoms with E-state index in [-0.39, 0.29) is 30.5 Å². The van der Waals surface area contributed by atoms with Crippen molar-refractivity contribution in [3.8, 4) is 0 Å². The summed E-state index contributed by atoms with van der Waals surface area (Å²) in [5, 5.41) is 0. The molecule has 1 amide bonds. The molecular formula is C19H29ClN2O3. The van der Waals surface area contributed by atoms with Crippen molar-refractivity contribution in [3.05, 3.63) is 29.3 Å². The molecule has 1 atom stereocenters. The van der Waals surface area contributed by atoms with Crippen LogP contribution in [0.3, 0.4) is 0 Å². The number of hydrogen-bond acceptors (Lipinski definition) is 4. The van der Waals surface area contributed by atoms with Crippen molar-refractivity contribution >= 4 is 24.0 Å². The van der Waals surface area contributed by atoms with Gasteiger partial charge in [0.15, 0.2) is 0 Å². The van der Waals surface area contributed by atoms with Gasteiger partial charge in [-0.25, -0.2) is 0 Å². The zero-order valence-corrected chi connectivity index (χ0v) is 15.7. The van der Waals surface area contributed by atoms with Crippen LogP contribution in [-0.4, -0.2) is 49.3 Å². The second-order valence-corrected chi connectivity index (χ2v) is 6.89. The minimum absolute atomic E-state index is 0. The zero-order chi connectivity index (χ0) is 16.9. The van der Waals surface area contributed by atoms with E-state index in [4.69, 9.17) is 15.2 Å². The van der Waals surface area contributed by atoms with Gasteiger partial charge in [-0.05, 0) is 56.7 Å². The second-order valence-electron chi connectivity index (χ2n) is 6.89. The van der Waals surface area contributed by atoms with Gasteiger partial charge in [0, 0.05) is 30.9 Å². The molecule has 0 aromatic heterocycles. The number of rotatable bonds is 4. The molecule has 5 nitrogen and oxygen atoms in total. The van der Waals surface area contributed by atoms with Crippen molar-refractivity contribution in [2.75, 3.05) is 32.0 Å². The van der Waals surface area contributed by atoms with E-state index in [1.165, 1.54) is 12.8 Å². The van der Waals surface area contributed by atoms with Crippen LogP contribution in [0.25, 0.3) is 0 Å². The molecule has 1 aromatic carbocycles. The third-order valence-corrected chi connectivity index (χ3v) is 5.01. The topological polar surface area (TPSA) is 64.8 Å². The number of nitrogens with two attached hydrogens (primary N) is 1. The maximum absolute atomic E-state index is 12.7. The molecule has 3 rings (SSSR count). The normalized spacial score (nSPS) is 21.6. The zero-order valence-electron chi connectivity index (χ0n) is 14.9. The minimum Gasteiger partial charge on any atom is -0.399 e. The van der Waals surface area contributed by atoms with Crippen molar-refractivity contribution in [2.24, 2.45) is 0 Å². The van der Waals surface area contributed by atoms with E-state index in [0.29, 0.717) is 17.9 Å². The third-order valence-electron chi connectivity index (χ3n) is 5.01. The van der Waals surface area contributed by atoms with Crippen LogP contribution in [0.1, 0.15) is 48.0 Å². The SMILES string of the molecule is Cc1ccc(N)cc1C(=O)N1CCC(OCC2CCCCO2)CC1.Cl. The highest BCUT2D eigenvalue weighted by molar-refractivity contribution is 5.96. The molecule has 0 spiro atoms. The molecule has 0 aliphatic carbocycles. The number of ether oxygens (including phenoxy) is 2. The first kappa shape index (κ1) is 20.0. The summed E-state index contributed by atoms with van der Waals surface area (Å²) in [6, 6.07) is 5.52. The van der Waals surface area contributed by atoms with Gasteiger partial charge in [-0.15, -0.1) is 12.4 Å². The van der Waals surface area contributed by atoms with Crippen LogP contribution in [0.15, 0.2) is 18.2 Å². The Morgan fingerprint density at radius 1 is 1.28 bits per heavy atom. The quantitative estimate of drug-likeness (QED) is 0.829. The highest BCUT2D eigenvalue weighted by Gasteiger charge is 2.26. The minimum atomic E-state index is 0. The molecule has 2 heterocycles. The van der Waals surface area contributed by atoms with Crippen LogP contribution in [0.2, 0.25) is 0 Å². The van der Waals surface area contributed by atoms with Crippen LogP contribution >= 0.6 is 12.4 Å². The maximum Gasteiger partial charge on any atom is 0.254 e. The summed E-state index contributed by atoms with van der Waals surface area (Å²) in [7, 11) is 0. The number of nitrogen functional groups attached to an aromatic ring is 1. The van der Waals surface area contributed by atoms with Gasteiger partial charge in [-0.3, -0.25) is 4.79 Å². The lowest BCUT2D eigenvalue weighted by atomic mass is 10.0. The van der Waals surface area contributed by atoms with E-state index >= 15 is 0 Å². The maximum atomic E-state index is 12.7. The fraction of sp³-hybridized carbons (Fsp3) is 0.632. The Balaban J connectivity index is 0.00000225. The molecule has 2 aliphatic heterocycles. The number of hydrogen-bond donors (Lipinski definition) is 1. The molecule has 1 unspecified atom stereocenters. The van der Waals surface area contributed by atoms with Gasteiger partial charge in [0.2, 0.25) is 0 Å². The molecular weight excluding hydrogens is 340 g/mol. The van der Waals surface area contributed by atoms with E-state index in [9.17, 15) is 4.79 Å². The summed E-state index contributed by atoms with van der Waals surface area (Å²) >= 11 is 0.